The molecule has 0 atom stereocenters. The van der Waals surface area contributed by atoms with E-state index >= 15 is 0 Å². The molecule has 1 aromatic carbocycles. The van der Waals surface area contributed by atoms with Crippen molar-refractivity contribution in [2.24, 2.45) is 0 Å². The number of aromatic nitrogens is 1. The third-order valence-corrected chi connectivity index (χ3v) is 2.94. The number of hydrogen-bond acceptors (Lipinski definition) is 1. The van der Waals surface area contributed by atoms with Crippen LogP contribution in [0.25, 0.3) is 10.9 Å². The molecule has 0 saturated carbocycles. The van der Waals surface area contributed by atoms with Crippen molar-refractivity contribution in [3.63, 3.8) is 0 Å². The van der Waals surface area contributed by atoms with Crippen LogP contribution in [-0.4, -0.2) is 23.6 Å². The highest BCUT2D eigenvalue weighted by Crippen LogP contribution is 2.16. The molecule has 4 nitrogen and oxygen atoms in total. The third kappa shape index (κ3) is 3.74. The van der Waals surface area contributed by atoms with E-state index in [2.05, 4.69) is 46.8 Å². The Bertz CT molecular complexity index is 572. The van der Waals surface area contributed by atoms with Crippen molar-refractivity contribution in [3.05, 3.63) is 35.5 Å². The minimum atomic E-state index is -0.103. The van der Waals surface area contributed by atoms with Crippen LogP contribution in [0, 0.1) is 6.92 Å². The number of aromatic amines is 1. The van der Waals surface area contributed by atoms with Gasteiger partial charge in [0.15, 0.2) is 0 Å². The van der Waals surface area contributed by atoms with E-state index in [-0.39, 0.29) is 12.1 Å². The molecule has 0 saturated heterocycles. The number of benzene rings is 1. The first-order valence-corrected chi connectivity index (χ1v) is 6.67. The Labute approximate surface area is 113 Å². The first-order chi connectivity index (χ1) is 9.04. The van der Waals surface area contributed by atoms with Crippen LogP contribution in [0.4, 0.5) is 4.79 Å². The Morgan fingerprint density at radius 2 is 2.11 bits per heavy atom. The maximum atomic E-state index is 11.4. The fourth-order valence-corrected chi connectivity index (χ4v) is 2.12. The standard InChI is InChI=1S/C15H21N3O/c1-10(2)17-15(19)16-7-6-12-4-5-14-13(9-12)8-11(3)18-14/h4-5,8-10,18H,6-7H2,1-3H3,(H2,16,17,19). The smallest absolute Gasteiger partial charge is 0.314 e. The van der Waals surface area contributed by atoms with Gasteiger partial charge in [0, 0.05) is 23.8 Å². The van der Waals surface area contributed by atoms with Crippen molar-refractivity contribution in [1.82, 2.24) is 15.6 Å². The van der Waals surface area contributed by atoms with Gasteiger partial charge >= 0.3 is 6.03 Å². The Kier molecular flexibility index (Phi) is 4.10. The number of fused-ring (bicyclic) bond motifs is 1. The van der Waals surface area contributed by atoms with Crippen LogP contribution in [0.15, 0.2) is 24.3 Å². The summed E-state index contributed by atoms with van der Waals surface area (Å²) in [6, 6.07) is 8.55. The second kappa shape index (κ2) is 5.78. The largest absolute Gasteiger partial charge is 0.359 e. The molecular weight excluding hydrogens is 238 g/mol. The number of aryl methyl sites for hydroxylation is 1. The van der Waals surface area contributed by atoms with E-state index in [9.17, 15) is 4.79 Å². The molecule has 4 heteroatoms. The Balaban J connectivity index is 1.89. The quantitative estimate of drug-likeness (QED) is 0.777. The molecule has 1 heterocycles. The molecular formula is C15H21N3O. The number of amides is 2. The number of carbonyl (C=O) groups is 1. The molecule has 0 aliphatic heterocycles. The summed E-state index contributed by atoms with van der Waals surface area (Å²) in [7, 11) is 0. The Hall–Kier alpha value is -1.97. The van der Waals surface area contributed by atoms with Gasteiger partial charge in [0.1, 0.15) is 0 Å². The molecule has 0 radical (unpaired) electrons. The van der Waals surface area contributed by atoms with Gasteiger partial charge in [-0.3, -0.25) is 0 Å². The predicted molar refractivity (Wildman–Crippen MR) is 78.4 cm³/mol. The molecule has 1 aromatic heterocycles. The van der Waals surface area contributed by atoms with E-state index in [1.54, 1.807) is 0 Å². The summed E-state index contributed by atoms with van der Waals surface area (Å²) in [6.07, 6.45) is 0.839. The summed E-state index contributed by atoms with van der Waals surface area (Å²) in [4.78, 5) is 14.7. The number of nitrogens with one attached hydrogen (secondary N) is 3. The van der Waals surface area contributed by atoms with Crippen LogP contribution in [0.2, 0.25) is 0 Å². The molecule has 0 fully saturated rings. The number of H-pyrrole nitrogens is 1. The molecule has 102 valence electrons. The highest BCUT2D eigenvalue weighted by Gasteiger charge is 2.03. The van der Waals surface area contributed by atoms with Crippen LogP contribution >= 0.6 is 0 Å². The fraction of sp³-hybridized carbons (Fsp3) is 0.400. The highest BCUT2D eigenvalue weighted by molar-refractivity contribution is 5.81. The average Bonchev–Trinajstić information content (AvgIpc) is 2.67. The molecule has 0 bridgehead atoms. The van der Waals surface area contributed by atoms with E-state index in [0.29, 0.717) is 6.54 Å². The van der Waals surface area contributed by atoms with Gasteiger partial charge in [-0.15, -0.1) is 0 Å². The van der Waals surface area contributed by atoms with Crippen LogP contribution in [0.3, 0.4) is 0 Å². The lowest BCUT2D eigenvalue weighted by Gasteiger charge is -2.10. The molecule has 0 aliphatic rings. The van der Waals surface area contributed by atoms with Gasteiger partial charge in [-0.1, -0.05) is 6.07 Å². The first-order valence-electron chi connectivity index (χ1n) is 6.67. The van der Waals surface area contributed by atoms with Gasteiger partial charge in [-0.05, 0) is 56.3 Å². The summed E-state index contributed by atoms with van der Waals surface area (Å²) in [6.45, 7) is 6.59. The van der Waals surface area contributed by atoms with Gasteiger partial charge in [-0.2, -0.15) is 0 Å². The molecule has 2 aromatic rings. The second-order valence-corrected chi connectivity index (χ2v) is 5.18. The van der Waals surface area contributed by atoms with Crippen LogP contribution < -0.4 is 10.6 Å². The molecule has 2 amide bonds. The molecule has 3 N–H and O–H groups in total. The van der Waals surface area contributed by atoms with Gasteiger partial charge in [0.2, 0.25) is 0 Å². The van der Waals surface area contributed by atoms with Crippen molar-refractivity contribution in [1.29, 1.82) is 0 Å². The number of urea groups is 1. The van der Waals surface area contributed by atoms with Crippen molar-refractivity contribution < 1.29 is 4.79 Å². The van der Waals surface area contributed by atoms with Crippen molar-refractivity contribution in [2.75, 3.05) is 6.54 Å². The highest BCUT2D eigenvalue weighted by atomic mass is 16.2. The minimum Gasteiger partial charge on any atom is -0.359 e. The lowest BCUT2D eigenvalue weighted by atomic mass is 10.1. The number of hydrogen-bond donors (Lipinski definition) is 3. The molecule has 2 rings (SSSR count). The monoisotopic (exact) mass is 259 g/mol. The fourth-order valence-electron chi connectivity index (χ4n) is 2.12. The Morgan fingerprint density at radius 1 is 1.32 bits per heavy atom. The van der Waals surface area contributed by atoms with Gasteiger partial charge in [0.05, 0.1) is 0 Å². The third-order valence-electron chi connectivity index (χ3n) is 2.94. The summed E-state index contributed by atoms with van der Waals surface area (Å²) in [5.41, 5.74) is 3.56. The van der Waals surface area contributed by atoms with Crippen molar-refractivity contribution in [3.8, 4) is 0 Å². The summed E-state index contributed by atoms with van der Waals surface area (Å²) < 4.78 is 0. The van der Waals surface area contributed by atoms with Gasteiger partial charge in [-0.25, -0.2) is 4.79 Å². The van der Waals surface area contributed by atoms with Gasteiger partial charge < -0.3 is 15.6 Å². The van der Waals surface area contributed by atoms with Crippen LogP contribution in [-0.2, 0) is 6.42 Å². The van der Waals surface area contributed by atoms with Crippen LogP contribution in [0.1, 0.15) is 25.1 Å². The molecule has 0 unspecified atom stereocenters. The minimum absolute atomic E-state index is 0.103. The summed E-state index contributed by atoms with van der Waals surface area (Å²) >= 11 is 0. The molecule has 19 heavy (non-hydrogen) atoms. The number of carbonyl (C=O) groups excluding carboxylic acids is 1. The Morgan fingerprint density at radius 3 is 2.84 bits per heavy atom. The predicted octanol–water partition coefficient (Wildman–Crippen LogP) is 2.73. The normalized spacial score (nSPS) is 10.9. The average molecular weight is 259 g/mol. The zero-order chi connectivity index (χ0) is 13.8. The van der Waals surface area contributed by atoms with Gasteiger partial charge in [0.25, 0.3) is 0 Å². The lowest BCUT2D eigenvalue weighted by molar-refractivity contribution is 0.238. The lowest BCUT2D eigenvalue weighted by Crippen LogP contribution is -2.40. The second-order valence-electron chi connectivity index (χ2n) is 5.18. The zero-order valence-electron chi connectivity index (χ0n) is 11.7. The van der Waals surface area contributed by atoms with E-state index in [1.165, 1.54) is 16.6 Å². The first kappa shape index (κ1) is 13.5. The summed E-state index contributed by atoms with van der Waals surface area (Å²) in [5, 5.41) is 6.89. The van der Waals surface area contributed by atoms with Crippen LogP contribution in [0.5, 0.6) is 0 Å². The SMILES string of the molecule is Cc1cc2cc(CCNC(=O)NC(C)C)ccc2[nH]1. The zero-order valence-corrected chi connectivity index (χ0v) is 11.7. The van der Waals surface area contributed by atoms with E-state index in [0.717, 1.165) is 11.9 Å². The summed E-state index contributed by atoms with van der Waals surface area (Å²) in [5.74, 6) is 0. The maximum absolute atomic E-state index is 11.4. The topological polar surface area (TPSA) is 56.9 Å². The number of rotatable bonds is 4. The van der Waals surface area contributed by atoms with E-state index in [1.807, 2.05) is 13.8 Å². The molecule has 0 spiro atoms. The van der Waals surface area contributed by atoms with E-state index < -0.39 is 0 Å². The van der Waals surface area contributed by atoms with Crippen molar-refractivity contribution in [2.45, 2.75) is 33.2 Å². The maximum Gasteiger partial charge on any atom is 0.314 e. The molecule has 0 aliphatic carbocycles. The van der Waals surface area contributed by atoms with Crippen molar-refractivity contribution >= 4 is 16.9 Å². The van der Waals surface area contributed by atoms with E-state index in [4.69, 9.17) is 0 Å².